The number of ether oxygens (including phenoxy) is 1. The van der Waals surface area contributed by atoms with Gasteiger partial charge in [-0.3, -0.25) is 5.43 Å². The molecule has 1 aromatic heterocycles. The zero-order chi connectivity index (χ0) is 12.8. The number of anilines is 2. The molecule has 0 atom stereocenters. The highest BCUT2D eigenvalue weighted by Gasteiger charge is 2.15. The molecule has 0 unspecified atom stereocenters. The highest BCUT2D eigenvalue weighted by atomic mass is 16.5. The Morgan fingerprint density at radius 1 is 1.17 bits per heavy atom. The van der Waals surface area contributed by atoms with Gasteiger partial charge in [-0.15, -0.1) is 0 Å². The van der Waals surface area contributed by atoms with E-state index in [1.165, 1.54) is 25.7 Å². The van der Waals surface area contributed by atoms with Crippen LogP contribution in [0.3, 0.4) is 0 Å². The first-order valence-electron chi connectivity index (χ1n) is 6.44. The van der Waals surface area contributed by atoms with E-state index in [0.29, 0.717) is 24.5 Å². The third-order valence-corrected chi connectivity index (χ3v) is 2.89. The van der Waals surface area contributed by atoms with Crippen LogP contribution in [0.15, 0.2) is 0 Å². The number of nitrogen functional groups attached to an aromatic ring is 1. The fourth-order valence-corrected chi connectivity index (χ4v) is 2.02. The van der Waals surface area contributed by atoms with E-state index in [4.69, 9.17) is 10.6 Å². The largest absolute Gasteiger partial charge is 0.464 e. The molecule has 0 amide bonds. The summed E-state index contributed by atoms with van der Waals surface area (Å²) >= 11 is 0. The second-order valence-corrected chi connectivity index (χ2v) is 4.22. The van der Waals surface area contributed by atoms with E-state index in [9.17, 15) is 0 Å². The maximum Gasteiger partial charge on any atom is 0.323 e. The Balaban J connectivity index is 2.21. The van der Waals surface area contributed by atoms with Crippen LogP contribution < -0.4 is 20.9 Å². The van der Waals surface area contributed by atoms with Gasteiger partial charge in [0.1, 0.15) is 0 Å². The summed E-state index contributed by atoms with van der Waals surface area (Å²) in [6.07, 6.45) is 4.87. The third kappa shape index (κ3) is 3.19. The third-order valence-electron chi connectivity index (χ3n) is 2.89. The molecular weight excluding hydrogens is 232 g/mol. The lowest BCUT2D eigenvalue weighted by Gasteiger charge is -2.20. The Hall–Kier alpha value is -1.63. The van der Waals surface area contributed by atoms with Crippen molar-refractivity contribution in [3.05, 3.63) is 0 Å². The molecule has 1 aliphatic rings. The normalized spacial score (nSPS) is 16.2. The number of hydrogen-bond donors (Lipinski definition) is 2. The van der Waals surface area contributed by atoms with Crippen molar-refractivity contribution in [3.8, 4) is 6.01 Å². The van der Waals surface area contributed by atoms with Gasteiger partial charge in [0.15, 0.2) is 0 Å². The monoisotopic (exact) mass is 252 g/mol. The Kier molecular flexibility index (Phi) is 4.52. The van der Waals surface area contributed by atoms with Gasteiger partial charge in [0.2, 0.25) is 11.9 Å². The molecule has 100 valence electrons. The van der Waals surface area contributed by atoms with Crippen LogP contribution in [0, 0.1) is 0 Å². The molecule has 2 heterocycles. The van der Waals surface area contributed by atoms with E-state index >= 15 is 0 Å². The van der Waals surface area contributed by atoms with Crippen LogP contribution in [0.4, 0.5) is 11.9 Å². The Labute approximate surface area is 107 Å². The molecule has 2 rings (SSSR count). The van der Waals surface area contributed by atoms with Gasteiger partial charge in [0.25, 0.3) is 0 Å². The SMILES string of the molecule is CCOc1nc(NN)nc(N2CCCCCC2)n1. The lowest BCUT2D eigenvalue weighted by atomic mass is 10.2. The minimum atomic E-state index is 0.319. The number of aromatic nitrogens is 3. The van der Waals surface area contributed by atoms with E-state index in [-0.39, 0.29) is 0 Å². The number of rotatable bonds is 4. The molecule has 7 heteroatoms. The second kappa shape index (κ2) is 6.34. The molecular formula is C11H20N6O. The van der Waals surface area contributed by atoms with Crippen molar-refractivity contribution in [3.63, 3.8) is 0 Å². The summed E-state index contributed by atoms with van der Waals surface area (Å²) in [5.74, 6) is 6.35. The summed E-state index contributed by atoms with van der Waals surface area (Å²) in [5.41, 5.74) is 2.45. The van der Waals surface area contributed by atoms with Crippen molar-refractivity contribution in [1.82, 2.24) is 15.0 Å². The van der Waals surface area contributed by atoms with Crippen LogP contribution in [0.5, 0.6) is 6.01 Å². The highest BCUT2D eigenvalue weighted by Crippen LogP contribution is 2.18. The van der Waals surface area contributed by atoms with Crippen LogP contribution in [0.1, 0.15) is 32.6 Å². The Morgan fingerprint density at radius 2 is 1.89 bits per heavy atom. The molecule has 0 spiro atoms. The van der Waals surface area contributed by atoms with Gasteiger partial charge in [0, 0.05) is 13.1 Å². The minimum absolute atomic E-state index is 0.319. The minimum Gasteiger partial charge on any atom is -0.464 e. The van der Waals surface area contributed by atoms with Crippen LogP contribution in [0.2, 0.25) is 0 Å². The van der Waals surface area contributed by atoms with Crippen LogP contribution in [-0.4, -0.2) is 34.6 Å². The maximum absolute atomic E-state index is 5.37. The first-order valence-corrected chi connectivity index (χ1v) is 6.44. The van der Waals surface area contributed by atoms with Gasteiger partial charge in [-0.2, -0.15) is 15.0 Å². The van der Waals surface area contributed by atoms with Crippen molar-refractivity contribution < 1.29 is 4.74 Å². The number of nitrogens with one attached hydrogen (secondary N) is 1. The van der Waals surface area contributed by atoms with Gasteiger partial charge in [-0.1, -0.05) is 12.8 Å². The quantitative estimate of drug-likeness (QED) is 0.608. The molecule has 0 bridgehead atoms. The van der Waals surface area contributed by atoms with Crippen molar-refractivity contribution in [1.29, 1.82) is 0 Å². The van der Waals surface area contributed by atoms with Crippen molar-refractivity contribution >= 4 is 11.9 Å². The fraction of sp³-hybridized carbons (Fsp3) is 0.727. The smallest absolute Gasteiger partial charge is 0.323 e. The van der Waals surface area contributed by atoms with Crippen molar-refractivity contribution in [2.75, 3.05) is 30.0 Å². The summed E-state index contributed by atoms with van der Waals surface area (Å²) in [7, 11) is 0. The number of hydrazine groups is 1. The van der Waals surface area contributed by atoms with Gasteiger partial charge in [-0.05, 0) is 19.8 Å². The lowest BCUT2D eigenvalue weighted by Crippen LogP contribution is -2.27. The fourth-order valence-electron chi connectivity index (χ4n) is 2.02. The zero-order valence-electron chi connectivity index (χ0n) is 10.7. The van der Waals surface area contributed by atoms with E-state index in [0.717, 1.165) is 13.1 Å². The second-order valence-electron chi connectivity index (χ2n) is 4.22. The first kappa shape index (κ1) is 12.8. The first-order chi connectivity index (χ1) is 8.83. The summed E-state index contributed by atoms with van der Waals surface area (Å²) in [4.78, 5) is 14.8. The summed E-state index contributed by atoms with van der Waals surface area (Å²) in [5, 5.41) is 0. The zero-order valence-corrected chi connectivity index (χ0v) is 10.7. The summed E-state index contributed by atoms with van der Waals surface area (Å²) in [6, 6.07) is 0.319. The van der Waals surface area contributed by atoms with Gasteiger partial charge < -0.3 is 9.64 Å². The standard InChI is InChI=1S/C11H20N6O/c1-2-18-11-14-9(16-12)13-10(15-11)17-7-5-3-4-6-8-17/h2-8,12H2,1H3,(H,13,14,15,16). The average Bonchev–Trinajstić information content (AvgIpc) is 2.67. The predicted molar refractivity (Wildman–Crippen MR) is 69.5 cm³/mol. The molecule has 1 fully saturated rings. The van der Waals surface area contributed by atoms with Crippen LogP contribution >= 0.6 is 0 Å². The molecule has 3 N–H and O–H groups in total. The average molecular weight is 252 g/mol. The number of nitrogens with zero attached hydrogens (tertiary/aromatic N) is 4. The number of hydrogen-bond acceptors (Lipinski definition) is 7. The van der Waals surface area contributed by atoms with Crippen LogP contribution in [-0.2, 0) is 0 Å². The Bertz CT molecular complexity index is 378. The molecule has 7 nitrogen and oxygen atoms in total. The van der Waals surface area contributed by atoms with Gasteiger partial charge in [0.05, 0.1) is 6.61 Å². The predicted octanol–water partition coefficient (Wildman–Crippen LogP) is 0.936. The molecule has 18 heavy (non-hydrogen) atoms. The molecule has 0 saturated carbocycles. The van der Waals surface area contributed by atoms with Gasteiger partial charge in [-0.25, -0.2) is 5.84 Å². The molecule has 1 saturated heterocycles. The van der Waals surface area contributed by atoms with E-state index in [1.807, 2.05) is 6.92 Å². The Morgan fingerprint density at radius 3 is 2.50 bits per heavy atom. The van der Waals surface area contributed by atoms with Crippen molar-refractivity contribution in [2.24, 2.45) is 5.84 Å². The summed E-state index contributed by atoms with van der Waals surface area (Å²) in [6.45, 7) is 4.36. The maximum atomic E-state index is 5.37. The van der Waals surface area contributed by atoms with Crippen molar-refractivity contribution in [2.45, 2.75) is 32.6 Å². The van der Waals surface area contributed by atoms with E-state index < -0.39 is 0 Å². The summed E-state index contributed by atoms with van der Waals surface area (Å²) < 4.78 is 5.33. The molecule has 0 aromatic carbocycles. The van der Waals surface area contributed by atoms with E-state index in [2.05, 4.69) is 25.3 Å². The molecule has 0 radical (unpaired) electrons. The highest BCUT2D eigenvalue weighted by molar-refractivity contribution is 5.37. The number of nitrogens with two attached hydrogens (primary N) is 1. The topological polar surface area (TPSA) is 89.2 Å². The molecule has 0 aliphatic carbocycles. The molecule has 1 aliphatic heterocycles. The van der Waals surface area contributed by atoms with Gasteiger partial charge >= 0.3 is 6.01 Å². The van der Waals surface area contributed by atoms with E-state index in [1.54, 1.807) is 0 Å². The lowest BCUT2D eigenvalue weighted by molar-refractivity contribution is 0.312. The van der Waals surface area contributed by atoms with Crippen LogP contribution in [0.25, 0.3) is 0 Å². The molecule has 1 aromatic rings.